The summed E-state index contributed by atoms with van der Waals surface area (Å²) in [6.07, 6.45) is 1.60. The second kappa shape index (κ2) is 7.78. The Bertz CT molecular complexity index is 1060. The molecule has 0 saturated heterocycles. The highest BCUT2D eigenvalue weighted by Crippen LogP contribution is 2.29. The minimum Gasteiger partial charge on any atom is -0.489 e. The summed E-state index contributed by atoms with van der Waals surface area (Å²) < 4.78 is 11.7. The van der Waals surface area contributed by atoms with Gasteiger partial charge in [-0.25, -0.2) is 4.98 Å². The van der Waals surface area contributed by atoms with Gasteiger partial charge in [0.05, 0.1) is 5.56 Å². The van der Waals surface area contributed by atoms with Gasteiger partial charge in [-0.3, -0.25) is 0 Å². The van der Waals surface area contributed by atoms with Gasteiger partial charge in [0.2, 0.25) is 5.89 Å². The molecule has 2 aromatic heterocycles. The number of ether oxygens (including phenoxy) is 1. The van der Waals surface area contributed by atoms with Crippen LogP contribution in [0.3, 0.4) is 0 Å². The molecule has 0 bridgehead atoms. The van der Waals surface area contributed by atoms with Crippen molar-refractivity contribution >= 4 is 23.2 Å². The van der Waals surface area contributed by atoms with Gasteiger partial charge in [0.15, 0.2) is 0 Å². The molecule has 0 radical (unpaired) electrons. The molecule has 0 unspecified atom stereocenters. The quantitative estimate of drug-likeness (QED) is 0.405. The van der Waals surface area contributed by atoms with E-state index in [1.54, 1.807) is 30.5 Å². The predicted octanol–water partition coefficient (Wildman–Crippen LogP) is 5.68. The van der Waals surface area contributed by atoms with E-state index in [0.717, 1.165) is 16.9 Å². The number of aromatic nitrogens is 3. The van der Waals surface area contributed by atoms with Gasteiger partial charge in [-0.1, -0.05) is 41.4 Å². The van der Waals surface area contributed by atoms with Crippen molar-refractivity contribution in [3.63, 3.8) is 0 Å². The molecule has 0 aliphatic heterocycles. The lowest BCUT2D eigenvalue weighted by Crippen LogP contribution is -1.98. The maximum absolute atomic E-state index is 6.11. The average Bonchev–Trinajstić information content (AvgIpc) is 3.18. The largest absolute Gasteiger partial charge is 0.489 e. The van der Waals surface area contributed by atoms with Gasteiger partial charge in [0, 0.05) is 22.3 Å². The van der Waals surface area contributed by atoms with Crippen LogP contribution in [0.4, 0.5) is 0 Å². The Hall–Kier alpha value is -2.89. The normalized spacial score (nSPS) is 10.7. The first kappa shape index (κ1) is 17.5. The van der Waals surface area contributed by atoms with Crippen molar-refractivity contribution in [2.75, 3.05) is 0 Å². The molecule has 2 heterocycles. The summed E-state index contributed by atoms with van der Waals surface area (Å²) in [7, 11) is 0. The van der Waals surface area contributed by atoms with Crippen molar-refractivity contribution in [3.05, 3.63) is 82.6 Å². The van der Waals surface area contributed by atoms with Crippen LogP contribution in [0.1, 0.15) is 5.56 Å². The van der Waals surface area contributed by atoms with Crippen molar-refractivity contribution in [2.45, 2.75) is 6.61 Å². The summed E-state index contributed by atoms with van der Waals surface area (Å²) in [5, 5.41) is 9.23. The highest BCUT2D eigenvalue weighted by molar-refractivity contribution is 6.31. The van der Waals surface area contributed by atoms with Crippen LogP contribution in [0.15, 0.2) is 71.3 Å². The van der Waals surface area contributed by atoms with Crippen LogP contribution in [-0.4, -0.2) is 15.2 Å². The van der Waals surface area contributed by atoms with Crippen molar-refractivity contribution in [3.8, 4) is 28.7 Å². The van der Waals surface area contributed by atoms with E-state index in [2.05, 4.69) is 15.2 Å². The highest BCUT2D eigenvalue weighted by Gasteiger charge is 2.16. The lowest BCUT2D eigenvalue weighted by atomic mass is 10.1. The Kier molecular flexibility index (Phi) is 5.05. The molecule has 0 N–H and O–H groups in total. The standard InChI is InChI=1S/C20H13Cl2N3O2/c21-14-7-9-15(10-8-14)26-12-13-4-1-2-5-16(13)19-24-25-20(27-19)17-6-3-11-23-18(17)22/h1-11H,12H2. The molecule has 0 saturated carbocycles. The summed E-state index contributed by atoms with van der Waals surface area (Å²) in [5.74, 6) is 1.43. The van der Waals surface area contributed by atoms with Crippen molar-refractivity contribution in [1.82, 2.24) is 15.2 Å². The van der Waals surface area contributed by atoms with Crippen LogP contribution in [0.2, 0.25) is 10.2 Å². The van der Waals surface area contributed by atoms with E-state index in [1.165, 1.54) is 0 Å². The third kappa shape index (κ3) is 3.94. The fourth-order valence-electron chi connectivity index (χ4n) is 2.53. The molecule has 4 rings (SSSR count). The lowest BCUT2D eigenvalue weighted by Gasteiger charge is -2.09. The summed E-state index contributed by atoms with van der Waals surface area (Å²) in [6.45, 7) is 0.350. The monoisotopic (exact) mass is 397 g/mol. The molecule has 0 atom stereocenters. The molecule has 0 aliphatic rings. The Morgan fingerprint density at radius 2 is 1.52 bits per heavy atom. The second-order valence-electron chi connectivity index (χ2n) is 5.65. The molecule has 0 amide bonds. The van der Waals surface area contributed by atoms with Gasteiger partial charge >= 0.3 is 0 Å². The Balaban J connectivity index is 1.60. The van der Waals surface area contributed by atoms with Crippen LogP contribution in [-0.2, 0) is 6.61 Å². The van der Waals surface area contributed by atoms with Gasteiger partial charge in [0.25, 0.3) is 5.89 Å². The smallest absolute Gasteiger partial charge is 0.251 e. The van der Waals surface area contributed by atoms with Crippen LogP contribution < -0.4 is 4.74 Å². The number of rotatable bonds is 5. The first-order valence-corrected chi connectivity index (χ1v) is 8.87. The summed E-state index contributed by atoms with van der Waals surface area (Å²) in [6, 6.07) is 18.4. The molecule has 0 fully saturated rings. The topological polar surface area (TPSA) is 61.0 Å². The van der Waals surface area contributed by atoms with Crippen LogP contribution in [0.5, 0.6) is 5.75 Å². The van der Waals surface area contributed by atoms with E-state index in [1.807, 2.05) is 36.4 Å². The number of benzene rings is 2. The third-order valence-corrected chi connectivity index (χ3v) is 4.42. The minimum absolute atomic E-state index is 0.312. The highest BCUT2D eigenvalue weighted by atomic mass is 35.5. The molecule has 134 valence electrons. The maximum Gasteiger partial charge on any atom is 0.251 e. The zero-order valence-electron chi connectivity index (χ0n) is 14.0. The second-order valence-corrected chi connectivity index (χ2v) is 6.45. The van der Waals surface area contributed by atoms with Gasteiger partial charge in [-0.2, -0.15) is 0 Å². The maximum atomic E-state index is 6.11. The fraction of sp³-hybridized carbons (Fsp3) is 0.0500. The summed E-state index contributed by atoms with van der Waals surface area (Å²) in [4.78, 5) is 4.03. The molecule has 0 aliphatic carbocycles. The van der Waals surface area contributed by atoms with Gasteiger partial charge in [-0.05, 0) is 42.5 Å². The molecular weight excluding hydrogens is 385 g/mol. The van der Waals surface area contributed by atoms with Crippen molar-refractivity contribution in [1.29, 1.82) is 0 Å². The number of pyridine rings is 1. The van der Waals surface area contributed by atoms with Gasteiger partial charge in [0.1, 0.15) is 17.5 Å². The molecule has 0 spiro atoms. The molecule has 7 heteroatoms. The Morgan fingerprint density at radius 3 is 2.30 bits per heavy atom. The van der Waals surface area contributed by atoms with Crippen LogP contribution in [0, 0.1) is 0 Å². The summed E-state index contributed by atoms with van der Waals surface area (Å²) in [5.41, 5.74) is 2.30. The van der Waals surface area contributed by atoms with E-state index < -0.39 is 0 Å². The number of halogens is 2. The van der Waals surface area contributed by atoms with E-state index in [-0.39, 0.29) is 0 Å². The van der Waals surface area contributed by atoms with Crippen LogP contribution >= 0.6 is 23.2 Å². The Labute approximate surface area is 165 Å². The number of hydrogen-bond acceptors (Lipinski definition) is 5. The van der Waals surface area contributed by atoms with E-state index in [9.17, 15) is 0 Å². The van der Waals surface area contributed by atoms with Gasteiger partial charge in [-0.15, -0.1) is 10.2 Å². The molecule has 4 aromatic rings. The lowest BCUT2D eigenvalue weighted by molar-refractivity contribution is 0.306. The van der Waals surface area contributed by atoms with E-state index in [4.69, 9.17) is 32.4 Å². The molecule has 27 heavy (non-hydrogen) atoms. The van der Waals surface area contributed by atoms with Crippen molar-refractivity contribution < 1.29 is 9.15 Å². The molecular formula is C20H13Cl2N3O2. The SMILES string of the molecule is Clc1ccc(OCc2ccccc2-c2nnc(-c3cccnc3Cl)o2)cc1. The first-order chi connectivity index (χ1) is 13.2. The van der Waals surface area contributed by atoms with Gasteiger partial charge < -0.3 is 9.15 Å². The predicted molar refractivity (Wildman–Crippen MR) is 104 cm³/mol. The minimum atomic E-state index is 0.312. The third-order valence-electron chi connectivity index (χ3n) is 3.87. The van der Waals surface area contributed by atoms with E-state index in [0.29, 0.717) is 34.1 Å². The fourth-order valence-corrected chi connectivity index (χ4v) is 2.86. The number of nitrogens with zero attached hydrogens (tertiary/aromatic N) is 3. The molecule has 5 nitrogen and oxygen atoms in total. The zero-order valence-corrected chi connectivity index (χ0v) is 15.5. The Morgan fingerprint density at radius 1 is 0.815 bits per heavy atom. The zero-order chi connectivity index (χ0) is 18.6. The van der Waals surface area contributed by atoms with Crippen LogP contribution in [0.25, 0.3) is 22.9 Å². The first-order valence-electron chi connectivity index (χ1n) is 8.12. The number of hydrogen-bond donors (Lipinski definition) is 0. The van der Waals surface area contributed by atoms with E-state index >= 15 is 0 Å². The van der Waals surface area contributed by atoms with Crippen molar-refractivity contribution in [2.24, 2.45) is 0 Å². The average molecular weight is 398 g/mol. The summed E-state index contributed by atoms with van der Waals surface area (Å²) >= 11 is 12.0. The molecule has 2 aromatic carbocycles.